The van der Waals surface area contributed by atoms with Crippen molar-refractivity contribution in [3.05, 3.63) is 29.3 Å². The van der Waals surface area contributed by atoms with E-state index in [1.807, 2.05) is 0 Å². The van der Waals surface area contributed by atoms with Crippen molar-refractivity contribution in [3.8, 4) is 5.75 Å². The van der Waals surface area contributed by atoms with Gasteiger partial charge in [-0.3, -0.25) is 0 Å². The van der Waals surface area contributed by atoms with E-state index in [4.69, 9.17) is 10.5 Å². The second-order valence-electron chi connectivity index (χ2n) is 7.33. The zero-order valence-electron chi connectivity index (χ0n) is 14.2. The van der Waals surface area contributed by atoms with E-state index in [0.29, 0.717) is 11.8 Å². The highest BCUT2D eigenvalue weighted by Gasteiger charge is 2.31. The van der Waals surface area contributed by atoms with Crippen molar-refractivity contribution >= 4 is 0 Å². The molecule has 0 aliphatic heterocycles. The van der Waals surface area contributed by atoms with Crippen LogP contribution in [-0.2, 0) is 0 Å². The van der Waals surface area contributed by atoms with Crippen LogP contribution in [0.2, 0.25) is 0 Å². The quantitative estimate of drug-likeness (QED) is 0.875. The van der Waals surface area contributed by atoms with Crippen molar-refractivity contribution in [1.29, 1.82) is 0 Å². The number of ether oxygens (including phenoxy) is 1. The Balaban J connectivity index is 2.17. The summed E-state index contributed by atoms with van der Waals surface area (Å²) in [5.41, 5.74) is 8.87. The molecule has 1 aliphatic rings. The van der Waals surface area contributed by atoms with Gasteiger partial charge in [-0.2, -0.15) is 0 Å². The van der Waals surface area contributed by atoms with Gasteiger partial charge in [-0.1, -0.05) is 39.8 Å². The maximum atomic E-state index is 6.40. The molecule has 0 radical (unpaired) electrons. The molecule has 0 heterocycles. The minimum absolute atomic E-state index is 0.158. The summed E-state index contributed by atoms with van der Waals surface area (Å²) >= 11 is 0. The van der Waals surface area contributed by atoms with Gasteiger partial charge in [0.05, 0.1) is 0 Å². The number of hydrogen-bond donors (Lipinski definition) is 1. The van der Waals surface area contributed by atoms with Crippen LogP contribution in [0, 0.1) is 18.8 Å². The molecule has 1 aromatic carbocycles. The van der Waals surface area contributed by atoms with Gasteiger partial charge in [0.1, 0.15) is 11.9 Å². The van der Waals surface area contributed by atoms with Crippen molar-refractivity contribution in [1.82, 2.24) is 0 Å². The molecule has 2 N–H and O–H groups in total. The van der Waals surface area contributed by atoms with Crippen LogP contribution in [-0.4, -0.2) is 12.1 Å². The molecule has 3 unspecified atom stereocenters. The van der Waals surface area contributed by atoms with Crippen LogP contribution in [0.3, 0.4) is 0 Å². The van der Waals surface area contributed by atoms with Crippen LogP contribution >= 0.6 is 0 Å². The molecule has 2 heteroatoms. The van der Waals surface area contributed by atoms with E-state index >= 15 is 0 Å². The SMILES string of the molecule is Cc1ccc(C(C)C)c(OC2CC(C(C)C)CCC2N)c1. The Morgan fingerprint density at radius 1 is 1.14 bits per heavy atom. The van der Waals surface area contributed by atoms with Crippen LogP contribution in [0.5, 0.6) is 5.75 Å². The van der Waals surface area contributed by atoms with Crippen molar-refractivity contribution < 1.29 is 4.74 Å². The predicted octanol–water partition coefficient (Wildman–Crippen LogP) is 4.65. The summed E-state index contributed by atoms with van der Waals surface area (Å²) in [6.07, 6.45) is 3.56. The Labute approximate surface area is 130 Å². The number of benzene rings is 1. The van der Waals surface area contributed by atoms with E-state index in [-0.39, 0.29) is 12.1 Å². The molecule has 1 aliphatic carbocycles. The van der Waals surface area contributed by atoms with E-state index in [1.54, 1.807) is 0 Å². The summed E-state index contributed by atoms with van der Waals surface area (Å²) in [5.74, 6) is 2.96. The smallest absolute Gasteiger partial charge is 0.123 e. The fraction of sp³-hybridized carbons (Fsp3) is 0.684. The van der Waals surface area contributed by atoms with Crippen molar-refractivity contribution in [2.45, 2.75) is 71.9 Å². The van der Waals surface area contributed by atoms with E-state index in [2.05, 4.69) is 52.8 Å². The minimum atomic E-state index is 0.158. The first kappa shape index (κ1) is 16.4. The minimum Gasteiger partial charge on any atom is -0.488 e. The Bertz CT molecular complexity index is 467. The number of rotatable bonds is 4. The molecule has 0 spiro atoms. The summed E-state index contributed by atoms with van der Waals surface area (Å²) in [6.45, 7) is 11.2. The third-order valence-electron chi connectivity index (χ3n) is 4.90. The summed E-state index contributed by atoms with van der Waals surface area (Å²) in [4.78, 5) is 0. The molecule has 2 nitrogen and oxygen atoms in total. The number of aryl methyl sites for hydroxylation is 1. The van der Waals surface area contributed by atoms with Crippen molar-refractivity contribution in [3.63, 3.8) is 0 Å². The monoisotopic (exact) mass is 289 g/mol. The zero-order valence-corrected chi connectivity index (χ0v) is 14.2. The second kappa shape index (κ2) is 6.83. The van der Waals surface area contributed by atoms with Crippen LogP contribution in [0.1, 0.15) is 64.0 Å². The van der Waals surface area contributed by atoms with E-state index in [1.165, 1.54) is 17.5 Å². The average Bonchev–Trinajstić information content (AvgIpc) is 2.40. The van der Waals surface area contributed by atoms with Crippen molar-refractivity contribution in [2.24, 2.45) is 17.6 Å². The largest absolute Gasteiger partial charge is 0.488 e. The Morgan fingerprint density at radius 2 is 1.86 bits per heavy atom. The average molecular weight is 289 g/mol. The number of nitrogens with two attached hydrogens (primary N) is 1. The van der Waals surface area contributed by atoms with Gasteiger partial charge in [0.15, 0.2) is 0 Å². The van der Waals surface area contributed by atoms with E-state index in [0.717, 1.165) is 24.5 Å². The molecule has 2 rings (SSSR count). The Kier molecular flexibility index (Phi) is 5.32. The first-order valence-electron chi connectivity index (χ1n) is 8.41. The molecular formula is C19H31NO. The predicted molar refractivity (Wildman–Crippen MR) is 89.8 cm³/mol. The van der Waals surface area contributed by atoms with Crippen LogP contribution < -0.4 is 10.5 Å². The Hall–Kier alpha value is -1.02. The lowest BCUT2D eigenvalue weighted by Crippen LogP contribution is -2.44. The van der Waals surface area contributed by atoms with E-state index in [9.17, 15) is 0 Å². The maximum Gasteiger partial charge on any atom is 0.123 e. The van der Waals surface area contributed by atoms with Gasteiger partial charge in [-0.05, 0) is 61.1 Å². The third kappa shape index (κ3) is 4.00. The summed E-state index contributed by atoms with van der Waals surface area (Å²) in [5, 5.41) is 0. The van der Waals surface area contributed by atoms with Crippen LogP contribution in [0.25, 0.3) is 0 Å². The lowest BCUT2D eigenvalue weighted by atomic mass is 9.78. The topological polar surface area (TPSA) is 35.2 Å². The lowest BCUT2D eigenvalue weighted by molar-refractivity contribution is 0.0857. The zero-order chi connectivity index (χ0) is 15.6. The van der Waals surface area contributed by atoms with Gasteiger partial charge in [-0.25, -0.2) is 0 Å². The van der Waals surface area contributed by atoms with Gasteiger partial charge in [0.25, 0.3) is 0 Å². The molecule has 1 aromatic rings. The summed E-state index contributed by atoms with van der Waals surface area (Å²) in [7, 11) is 0. The number of hydrogen-bond acceptors (Lipinski definition) is 2. The van der Waals surface area contributed by atoms with Gasteiger partial charge in [-0.15, -0.1) is 0 Å². The van der Waals surface area contributed by atoms with Gasteiger partial charge in [0, 0.05) is 6.04 Å². The molecule has 1 fully saturated rings. The molecule has 21 heavy (non-hydrogen) atoms. The van der Waals surface area contributed by atoms with Crippen LogP contribution in [0.4, 0.5) is 0 Å². The maximum absolute atomic E-state index is 6.40. The van der Waals surface area contributed by atoms with Gasteiger partial charge < -0.3 is 10.5 Å². The molecular weight excluding hydrogens is 258 g/mol. The highest BCUT2D eigenvalue weighted by atomic mass is 16.5. The standard InChI is InChI=1S/C19H31NO/c1-12(2)15-7-9-17(20)19(11-15)21-18-10-14(5)6-8-16(18)13(3)4/h6,8,10,12-13,15,17,19H,7,9,11,20H2,1-5H3. The van der Waals surface area contributed by atoms with Crippen molar-refractivity contribution in [2.75, 3.05) is 0 Å². The first-order valence-corrected chi connectivity index (χ1v) is 8.41. The van der Waals surface area contributed by atoms with Gasteiger partial charge >= 0.3 is 0 Å². The lowest BCUT2D eigenvalue weighted by Gasteiger charge is -2.36. The van der Waals surface area contributed by atoms with Gasteiger partial charge in [0.2, 0.25) is 0 Å². The second-order valence-corrected chi connectivity index (χ2v) is 7.33. The van der Waals surface area contributed by atoms with E-state index < -0.39 is 0 Å². The molecule has 0 aromatic heterocycles. The highest BCUT2D eigenvalue weighted by Crippen LogP contribution is 2.34. The Morgan fingerprint density at radius 3 is 2.48 bits per heavy atom. The summed E-state index contributed by atoms with van der Waals surface area (Å²) in [6, 6.07) is 6.70. The highest BCUT2D eigenvalue weighted by molar-refractivity contribution is 5.39. The fourth-order valence-corrected chi connectivity index (χ4v) is 3.31. The molecule has 1 saturated carbocycles. The summed E-state index contributed by atoms with van der Waals surface area (Å²) < 4.78 is 6.40. The molecule has 3 atom stereocenters. The molecule has 0 amide bonds. The fourth-order valence-electron chi connectivity index (χ4n) is 3.31. The third-order valence-corrected chi connectivity index (χ3v) is 4.90. The van der Waals surface area contributed by atoms with Crippen LogP contribution in [0.15, 0.2) is 18.2 Å². The molecule has 118 valence electrons. The normalized spacial score (nSPS) is 26.4. The molecule has 0 bridgehead atoms. The molecule has 0 saturated heterocycles. The first-order chi connectivity index (χ1) is 9.88.